The number of carbonyl (C=O) groups excluding carboxylic acids is 1. The number of aromatic nitrogens is 3. The molecular weight excluding hydrogens is 196 g/mol. The smallest absolute Gasteiger partial charge is 0.244 e. The molecule has 1 aliphatic rings. The highest BCUT2D eigenvalue weighted by molar-refractivity contribution is 5.76. The lowest BCUT2D eigenvalue weighted by Crippen LogP contribution is -2.39. The summed E-state index contributed by atoms with van der Waals surface area (Å²) in [7, 11) is 0. The minimum Gasteiger partial charge on any atom is -0.394 e. The molecule has 1 amide bonds. The second kappa shape index (κ2) is 4.39. The van der Waals surface area contributed by atoms with E-state index in [0.29, 0.717) is 0 Å². The van der Waals surface area contributed by atoms with Crippen LogP contribution in [0.3, 0.4) is 0 Å². The van der Waals surface area contributed by atoms with Crippen molar-refractivity contribution in [1.29, 1.82) is 0 Å². The lowest BCUT2D eigenvalue weighted by Gasteiger charge is -2.22. The molecule has 2 heterocycles. The Morgan fingerprint density at radius 1 is 1.60 bits per heavy atom. The highest BCUT2D eigenvalue weighted by Gasteiger charge is 2.27. The Balaban J connectivity index is 1.96. The molecule has 1 aliphatic heterocycles. The Bertz CT molecular complexity index is 325. The fourth-order valence-electron chi connectivity index (χ4n) is 1.90. The van der Waals surface area contributed by atoms with E-state index in [-0.39, 0.29) is 25.1 Å². The minimum absolute atomic E-state index is 0.00273. The van der Waals surface area contributed by atoms with Crippen molar-refractivity contribution in [1.82, 2.24) is 19.9 Å². The molecule has 1 N–H and O–H groups in total. The number of hydrogen-bond donors (Lipinski definition) is 1. The highest BCUT2D eigenvalue weighted by Crippen LogP contribution is 2.16. The molecule has 1 aromatic heterocycles. The van der Waals surface area contributed by atoms with Crippen LogP contribution >= 0.6 is 0 Å². The van der Waals surface area contributed by atoms with E-state index in [0.717, 1.165) is 19.4 Å². The monoisotopic (exact) mass is 210 g/mol. The van der Waals surface area contributed by atoms with Crippen molar-refractivity contribution in [3.8, 4) is 0 Å². The van der Waals surface area contributed by atoms with E-state index in [1.165, 1.54) is 4.68 Å². The topological polar surface area (TPSA) is 71.2 Å². The molecule has 1 fully saturated rings. The number of aliphatic hydroxyl groups is 1. The normalized spacial score (nSPS) is 20.9. The lowest BCUT2D eigenvalue weighted by molar-refractivity contribution is -0.133. The second-order valence-corrected chi connectivity index (χ2v) is 3.67. The van der Waals surface area contributed by atoms with Crippen molar-refractivity contribution >= 4 is 5.91 Å². The van der Waals surface area contributed by atoms with Crippen LogP contribution < -0.4 is 0 Å². The molecule has 82 valence electrons. The predicted molar refractivity (Wildman–Crippen MR) is 51.8 cm³/mol. The van der Waals surface area contributed by atoms with Crippen LogP contribution in [0.5, 0.6) is 0 Å². The van der Waals surface area contributed by atoms with Crippen molar-refractivity contribution in [2.75, 3.05) is 13.2 Å². The Hall–Kier alpha value is -1.43. The predicted octanol–water partition coefficient (Wildman–Crippen LogP) is -0.739. The van der Waals surface area contributed by atoms with Crippen molar-refractivity contribution in [2.45, 2.75) is 25.4 Å². The minimum atomic E-state index is -0.0129. The Morgan fingerprint density at radius 3 is 3.13 bits per heavy atom. The first-order chi connectivity index (χ1) is 7.31. The van der Waals surface area contributed by atoms with E-state index < -0.39 is 0 Å². The quantitative estimate of drug-likeness (QED) is 0.713. The number of rotatable bonds is 3. The van der Waals surface area contributed by atoms with Gasteiger partial charge in [-0.2, -0.15) is 0 Å². The molecule has 0 unspecified atom stereocenters. The van der Waals surface area contributed by atoms with Gasteiger partial charge in [0.1, 0.15) is 6.54 Å². The van der Waals surface area contributed by atoms with Gasteiger partial charge in [-0.3, -0.25) is 4.79 Å². The summed E-state index contributed by atoms with van der Waals surface area (Å²) in [5.74, 6) is -0.00273. The maximum absolute atomic E-state index is 11.8. The molecular formula is C9H14N4O2. The fraction of sp³-hybridized carbons (Fsp3) is 0.667. The third kappa shape index (κ3) is 2.15. The first kappa shape index (κ1) is 10.1. The van der Waals surface area contributed by atoms with Crippen LogP contribution in [0.4, 0.5) is 0 Å². The maximum atomic E-state index is 11.8. The number of nitrogens with zero attached hydrogens (tertiary/aromatic N) is 4. The summed E-state index contributed by atoms with van der Waals surface area (Å²) < 4.78 is 1.50. The Kier molecular flexibility index (Phi) is 2.96. The van der Waals surface area contributed by atoms with Crippen LogP contribution in [-0.2, 0) is 11.3 Å². The van der Waals surface area contributed by atoms with Gasteiger partial charge in [-0.15, -0.1) is 5.10 Å². The summed E-state index contributed by atoms with van der Waals surface area (Å²) in [6.07, 6.45) is 5.05. The van der Waals surface area contributed by atoms with Gasteiger partial charge in [0.05, 0.1) is 18.8 Å². The molecule has 1 saturated heterocycles. The third-order valence-electron chi connectivity index (χ3n) is 2.68. The van der Waals surface area contributed by atoms with E-state index in [9.17, 15) is 4.79 Å². The van der Waals surface area contributed by atoms with Crippen molar-refractivity contribution < 1.29 is 9.90 Å². The third-order valence-corrected chi connectivity index (χ3v) is 2.68. The van der Waals surface area contributed by atoms with Crippen LogP contribution in [0.1, 0.15) is 12.8 Å². The summed E-state index contributed by atoms with van der Waals surface area (Å²) in [6, 6.07) is -0.0129. The number of carbonyl (C=O) groups is 1. The van der Waals surface area contributed by atoms with E-state index in [4.69, 9.17) is 5.11 Å². The zero-order chi connectivity index (χ0) is 10.7. The molecule has 0 aliphatic carbocycles. The number of hydrogen-bond acceptors (Lipinski definition) is 4. The van der Waals surface area contributed by atoms with Crippen molar-refractivity contribution in [3.05, 3.63) is 12.4 Å². The van der Waals surface area contributed by atoms with E-state index in [1.54, 1.807) is 17.3 Å². The van der Waals surface area contributed by atoms with Crippen LogP contribution in [0.15, 0.2) is 12.4 Å². The number of amides is 1. The largest absolute Gasteiger partial charge is 0.394 e. The van der Waals surface area contributed by atoms with Gasteiger partial charge in [-0.1, -0.05) is 5.21 Å². The van der Waals surface area contributed by atoms with E-state index >= 15 is 0 Å². The number of likely N-dealkylation sites (tertiary alicyclic amines) is 1. The molecule has 15 heavy (non-hydrogen) atoms. The van der Waals surface area contributed by atoms with Crippen LogP contribution in [-0.4, -0.2) is 50.1 Å². The van der Waals surface area contributed by atoms with E-state index in [2.05, 4.69) is 10.3 Å². The molecule has 1 atom stereocenters. The highest BCUT2D eigenvalue weighted by atomic mass is 16.3. The van der Waals surface area contributed by atoms with Crippen molar-refractivity contribution in [3.63, 3.8) is 0 Å². The van der Waals surface area contributed by atoms with Gasteiger partial charge < -0.3 is 10.0 Å². The molecule has 6 heteroatoms. The summed E-state index contributed by atoms with van der Waals surface area (Å²) in [6.45, 7) is 0.984. The molecule has 6 nitrogen and oxygen atoms in total. The van der Waals surface area contributed by atoms with E-state index in [1.807, 2.05) is 0 Å². The zero-order valence-electron chi connectivity index (χ0n) is 8.41. The molecule has 0 bridgehead atoms. The van der Waals surface area contributed by atoms with Gasteiger partial charge in [0.25, 0.3) is 0 Å². The summed E-state index contributed by atoms with van der Waals surface area (Å²) in [4.78, 5) is 13.5. The molecule has 0 aromatic carbocycles. The first-order valence-corrected chi connectivity index (χ1v) is 5.05. The standard InChI is InChI=1S/C9H14N4O2/c14-7-8-2-1-4-13(8)9(15)6-12-5-3-10-11-12/h3,5,8,14H,1-2,4,6-7H2/t8-/m0/s1. The molecule has 1 aromatic rings. The van der Waals surface area contributed by atoms with Gasteiger partial charge in [-0.25, -0.2) is 4.68 Å². The van der Waals surface area contributed by atoms with Gasteiger partial charge in [0.15, 0.2) is 0 Å². The SMILES string of the molecule is O=C(Cn1ccnn1)N1CCC[C@H]1CO. The Morgan fingerprint density at radius 2 is 2.47 bits per heavy atom. The van der Waals surface area contributed by atoms with Gasteiger partial charge in [0, 0.05) is 12.7 Å². The fourth-order valence-corrected chi connectivity index (χ4v) is 1.90. The van der Waals surface area contributed by atoms with Gasteiger partial charge in [0.2, 0.25) is 5.91 Å². The zero-order valence-corrected chi connectivity index (χ0v) is 8.41. The summed E-state index contributed by atoms with van der Waals surface area (Å²) in [5.41, 5.74) is 0. The molecule has 0 spiro atoms. The van der Waals surface area contributed by atoms with Crippen LogP contribution in [0, 0.1) is 0 Å². The molecule has 2 rings (SSSR count). The summed E-state index contributed by atoms with van der Waals surface area (Å²) >= 11 is 0. The van der Waals surface area contributed by atoms with Gasteiger partial charge in [-0.05, 0) is 12.8 Å². The first-order valence-electron chi connectivity index (χ1n) is 5.05. The van der Waals surface area contributed by atoms with Gasteiger partial charge >= 0.3 is 0 Å². The van der Waals surface area contributed by atoms with Crippen LogP contribution in [0.2, 0.25) is 0 Å². The molecule has 0 radical (unpaired) electrons. The van der Waals surface area contributed by atoms with Crippen molar-refractivity contribution in [2.24, 2.45) is 0 Å². The molecule has 0 saturated carbocycles. The summed E-state index contributed by atoms with van der Waals surface area (Å²) in [5, 5.41) is 16.5. The lowest BCUT2D eigenvalue weighted by atomic mass is 10.2. The number of aliphatic hydroxyl groups excluding tert-OH is 1. The van der Waals surface area contributed by atoms with Crippen LogP contribution in [0.25, 0.3) is 0 Å². The average molecular weight is 210 g/mol. The Labute approximate surface area is 87.5 Å². The maximum Gasteiger partial charge on any atom is 0.244 e. The second-order valence-electron chi connectivity index (χ2n) is 3.67. The average Bonchev–Trinajstić information content (AvgIpc) is 2.86.